The van der Waals surface area contributed by atoms with Crippen LogP contribution in [0.5, 0.6) is 0 Å². The molecule has 0 radical (unpaired) electrons. The Morgan fingerprint density at radius 2 is 1.95 bits per heavy atom. The van der Waals surface area contributed by atoms with E-state index in [2.05, 4.69) is 14.9 Å². The Bertz CT molecular complexity index is 516. The Morgan fingerprint density at radius 1 is 1.29 bits per heavy atom. The highest BCUT2D eigenvalue weighted by atomic mass is 32.1. The number of hydroxylamine groups is 1. The summed E-state index contributed by atoms with van der Waals surface area (Å²) in [6.45, 7) is 3.16. The number of carbonyl (C=O) groups excluding carboxylic acids is 2. The van der Waals surface area contributed by atoms with Crippen LogP contribution in [0.3, 0.4) is 0 Å². The highest BCUT2D eigenvalue weighted by Crippen LogP contribution is 2.39. The van der Waals surface area contributed by atoms with E-state index in [1.807, 2.05) is 5.48 Å². The number of alkyl halides is 3. The summed E-state index contributed by atoms with van der Waals surface area (Å²) >= 11 is 0.571. The van der Waals surface area contributed by atoms with Crippen LogP contribution in [-0.2, 0) is 15.8 Å². The third kappa shape index (κ3) is 4.60. The summed E-state index contributed by atoms with van der Waals surface area (Å²) in [7, 11) is 0. The van der Waals surface area contributed by atoms with Crippen LogP contribution in [0.25, 0.3) is 0 Å². The van der Waals surface area contributed by atoms with Crippen LogP contribution >= 0.6 is 11.3 Å². The lowest BCUT2D eigenvalue weighted by atomic mass is 10.2. The first kappa shape index (κ1) is 17.2. The highest BCUT2D eigenvalue weighted by Gasteiger charge is 2.39. The molecule has 0 spiro atoms. The Morgan fingerprint density at radius 3 is 2.48 bits per heavy atom. The summed E-state index contributed by atoms with van der Waals surface area (Å²) < 4.78 is 43.1. The molecule has 21 heavy (non-hydrogen) atoms. The van der Waals surface area contributed by atoms with Gasteiger partial charge in [0.05, 0.1) is 18.8 Å². The summed E-state index contributed by atoms with van der Waals surface area (Å²) in [4.78, 5) is 27.7. The van der Waals surface area contributed by atoms with Gasteiger partial charge in [0.1, 0.15) is 10.6 Å². The predicted molar refractivity (Wildman–Crippen MR) is 69.1 cm³/mol. The topological polar surface area (TPSA) is 76.7 Å². The Hall–Kier alpha value is -1.81. The maximum Gasteiger partial charge on any atom is 0.418 e. The summed E-state index contributed by atoms with van der Waals surface area (Å²) in [6.07, 6.45) is -4.73. The number of halogens is 3. The Labute approximate surface area is 122 Å². The maximum absolute atomic E-state index is 12.8. The molecule has 118 valence electrons. The van der Waals surface area contributed by atoms with Gasteiger partial charge in [-0.25, -0.2) is 15.1 Å². The number of urea groups is 1. The zero-order valence-electron chi connectivity index (χ0n) is 11.2. The molecule has 6 nitrogen and oxygen atoms in total. The zero-order chi connectivity index (χ0) is 16.0. The minimum atomic E-state index is -4.73. The first-order valence-electron chi connectivity index (χ1n) is 5.85. The van der Waals surface area contributed by atoms with Crippen molar-refractivity contribution in [2.24, 2.45) is 0 Å². The van der Waals surface area contributed by atoms with Crippen LogP contribution in [-0.4, -0.2) is 25.2 Å². The highest BCUT2D eigenvalue weighted by molar-refractivity contribution is 7.15. The average molecular weight is 326 g/mol. The van der Waals surface area contributed by atoms with E-state index in [-0.39, 0.29) is 18.2 Å². The fraction of sp³-hybridized carbons (Fsp3) is 0.455. The summed E-state index contributed by atoms with van der Waals surface area (Å²) in [6, 6.07) is -0.891. The molecule has 0 aromatic carbocycles. The van der Waals surface area contributed by atoms with Gasteiger partial charge >= 0.3 is 18.2 Å². The first-order valence-corrected chi connectivity index (χ1v) is 6.73. The van der Waals surface area contributed by atoms with Crippen molar-refractivity contribution in [1.82, 2.24) is 5.48 Å². The van der Waals surface area contributed by atoms with Gasteiger partial charge in [0, 0.05) is 5.38 Å². The van der Waals surface area contributed by atoms with Gasteiger partial charge in [0.2, 0.25) is 0 Å². The zero-order valence-corrected chi connectivity index (χ0v) is 12.0. The minimum absolute atomic E-state index is 0.0867. The van der Waals surface area contributed by atoms with Gasteiger partial charge in [-0.1, -0.05) is 0 Å². The van der Waals surface area contributed by atoms with Gasteiger partial charge in [-0.3, -0.25) is 10.2 Å². The molecule has 0 saturated heterocycles. The molecule has 0 fully saturated rings. The predicted octanol–water partition coefficient (Wildman–Crippen LogP) is 3.02. The number of hydrogen-bond acceptors (Lipinski definition) is 5. The average Bonchev–Trinajstić information content (AvgIpc) is 2.80. The fourth-order valence-electron chi connectivity index (χ4n) is 1.33. The molecule has 1 aromatic rings. The molecule has 1 aromatic heterocycles. The van der Waals surface area contributed by atoms with Crippen molar-refractivity contribution in [2.75, 3.05) is 18.5 Å². The van der Waals surface area contributed by atoms with Crippen molar-refractivity contribution in [3.05, 3.63) is 16.5 Å². The molecule has 0 saturated carbocycles. The van der Waals surface area contributed by atoms with E-state index in [1.54, 1.807) is 6.92 Å². The third-order valence-electron chi connectivity index (χ3n) is 2.11. The molecule has 0 aliphatic heterocycles. The van der Waals surface area contributed by atoms with Gasteiger partial charge in [0.25, 0.3) is 0 Å². The molecule has 0 unspecified atom stereocenters. The van der Waals surface area contributed by atoms with E-state index in [4.69, 9.17) is 0 Å². The second-order valence-electron chi connectivity index (χ2n) is 3.56. The second-order valence-corrected chi connectivity index (χ2v) is 4.44. The quantitative estimate of drug-likeness (QED) is 0.644. The molecular weight excluding hydrogens is 313 g/mol. The lowest BCUT2D eigenvalue weighted by Crippen LogP contribution is -2.29. The van der Waals surface area contributed by atoms with Crippen molar-refractivity contribution >= 4 is 28.3 Å². The van der Waals surface area contributed by atoms with Crippen LogP contribution < -0.4 is 10.8 Å². The maximum atomic E-state index is 12.8. The van der Waals surface area contributed by atoms with Crippen molar-refractivity contribution in [3.63, 3.8) is 0 Å². The van der Waals surface area contributed by atoms with Crippen molar-refractivity contribution < 1.29 is 32.3 Å². The van der Waals surface area contributed by atoms with E-state index >= 15 is 0 Å². The van der Waals surface area contributed by atoms with E-state index in [1.165, 1.54) is 6.92 Å². The van der Waals surface area contributed by atoms with Gasteiger partial charge in [-0.2, -0.15) is 13.2 Å². The number of carbonyl (C=O) groups is 2. The molecule has 2 amide bonds. The molecule has 0 aliphatic carbocycles. The number of amides is 2. The van der Waals surface area contributed by atoms with Gasteiger partial charge < -0.3 is 4.74 Å². The third-order valence-corrected chi connectivity index (χ3v) is 3.01. The van der Waals surface area contributed by atoms with E-state index in [0.717, 1.165) is 5.38 Å². The largest absolute Gasteiger partial charge is 0.462 e. The number of anilines is 1. The van der Waals surface area contributed by atoms with Crippen LogP contribution in [0.15, 0.2) is 5.38 Å². The van der Waals surface area contributed by atoms with E-state index < -0.39 is 29.3 Å². The molecule has 0 bridgehead atoms. The Kier molecular flexibility index (Phi) is 5.97. The van der Waals surface area contributed by atoms with Crippen molar-refractivity contribution in [3.8, 4) is 0 Å². The number of nitrogens with one attached hydrogen (secondary N) is 2. The minimum Gasteiger partial charge on any atom is -0.462 e. The van der Waals surface area contributed by atoms with E-state index in [9.17, 15) is 22.8 Å². The smallest absolute Gasteiger partial charge is 0.418 e. The van der Waals surface area contributed by atoms with Crippen LogP contribution in [0.4, 0.5) is 23.0 Å². The number of rotatable bonds is 5. The van der Waals surface area contributed by atoms with Gasteiger partial charge in [-0.05, 0) is 13.8 Å². The Balaban J connectivity index is 3.06. The van der Waals surface area contributed by atoms with Crippen LogP contribution in [0, 0.1) is 0 Å². The number of thiophene rings is 1. The molecule has 1 rings (SSSR count). The summed E-state index contributed by atoms with van der Waals surface area (Å²) in [5.41, 5.74) is 0.0740. The lowest BCUT2D eigenvalue weighted by molar-refractivity contribution is -0.137. The standard InChI is InChI=1S/C11H13F3N2O4S/c1-3-19-9(17)7-6(11(12,13)14)5-21-8(7)15-10(18)16-20-4-2/h5H,3-4H2,1-2H3,(H2,15,16,18). The molecular formula is C11H13F3N2O4S. The van der Waals surface area contributed by atoms with Crippen LogP contribution in [0.1, 0.15) is 29.8 Å². The van der Waals surface area contributed by atoms with E-state index in [0.29, 0.717) is 11.3 Å². The number of esters is 1. The summed E-state index contributed by atoms with van der Waals surface area (Å²) in [5.74, 6) is -1.15. The molecule has 2 N–H and O–H groups in total. The van der Waals surface area contributed by atoms with Gasteiger partial charge in [-0.15, -0.1) is 11.3 Å². The monoisotopic (exact) mass is 326 g/mol. The molecule has 0 aliphatic rings. The molecule has 10 heteroatoms. The summed E-state index contributed by atoms with van der Waals surface area (Å²) in [5, 5.41) is 2.59. The van der Waals surface area contributed by atoms with Gasteiger partial charge in [0.15, 0.2) is 0 Å². The fourth-order valence-corrected chi connectivity index (χ4v) is 2.28. The SMILES string of the molecule is CCONC(=O)Nc1scc(C(F)(F)F)c1C(=O)OCC. The normalized spacial score (nSPS) is 11.1. The second kappa shape index (κ2) is 7.27. The van der Waals surface area contributed by atoms with Crippen LogP contribution in [0.2, 0.25) is 0 Å². The van der Waals surface area contributed by atoms with Crippen molar-refractivity contribution in [2.45, 2.75) is 20.0 Å². The number of ether oxygens (including phenoxy) is 1. The lowest BCUT2D eigenvalue weighted by Gasteiger charge is -2.10. The molecule has 1 heterocycles. The molecule has 0 atom stereocenters. The van der Waals surface area contributed by atoms with Crippen molar-refractivity contribution in [1.29, 1.82) is 0 Å². The number of hydrogen-bond donors (Lipinski definition) is 2. The first-order chi connectivity index (χ1) is 9.81.